The molecule has 0 heterocycles. The molecular weight excluding hydrogens is 196 g/mol. The zero-order valence-corrected chi connectivity index (χ0v) is 11.7. The van der Waals surface area contributed by atoms with Gasteiger partial charge in [0, 0.05) is 0 Å². The molecule has 0 rings (SSSR count). The van der Waals surface area contributed by atoms with Crippen LogP contribution in [0.25, 0.3) is 0 Å². The molecule has 0 atom stereocenters. The van der Waals surface area contributed by atoms with Gasteiger partial charge in [0.05, 0.1) is 0 Å². The maximum atomic E-state index is 3.45. The van der Waals surface area contributed by atoms with Gasteiger partial charge in [-0.25, -0.2) is 0 Å². The summed E-state index contributed by atoms with van der Waals surface area (Å²) >= 11 is 0. The molecule has 0 aliphatic heterocycles. The van der Waals surface area contributed by atoms with Crippen LogP contribution in [0.4, 0.5) is 0 Å². The highest BCUT2D eigenvalue weighted by Gasteiger charge is 1.97. The Morgan fingerprint density at radius 2 is 1.44 bits per heavy atom. The predicted octanol–water partition coefficient (Wildman–Crippen LogP) is 3.28. The van der Waals surface area contributed by atoms with Crippen molar-refractivity contribution in [1.29, 1.82) is 0 Å². The minimum absolute atomic E-state index is 1.18. The first-order chi connectivity index (χ1) is 7.81. The second-order valence-electron chi connectivity index (χ2n) is 4.82. The smallest absolute Gasteiger partial charge is 0.00218 e. The Hall–Kier alpha value is -0.0800. The molecule has 2 heteroatoms. The van der Waals surface area contributed by atoms with E-state index in [1.807, 2.05) is 0 Å². The molecule has 0 fully saturated rings. The molecule has 0 unspecified atom stereocenters. The van der Waals surface area contributed by atoms with Crippen molar-refractivity contribution in [3.63, 3.8) is 0 Å². The van der Waals surface area contributed by atoms with Gasteiger partial charge < -0.3 is 10.2 Å². The highest BCUT2D eigenvalue weighted by atomic mass is 15.1. The SMILES string of the molecule is CCCCCN(C)CCCCCNCCC. The van der Waals surface area contributed by atoms with E-state index < -0.39 is 0 Å². The number of rotatable bonds is 12. The van der Waals surface area contributed by atoms with E-state index in [4.69, 9.17) is 0 Å². The Balaban J connectivity index is 3.06. The summed E-state index contributed by atoms with van der Waals surface area (Å²) < 4.78 is 0. The molecule has 0 bridgehead atoms. The van der Waals surface area contributed by atoms with E-state index in [9.17, 15) is 0 Å². The molecule has 0 amide bonds. The van der Waals surface area contributed by atoms with Gasteiger partial charge in [0.15, 0.2) is 0 Å². The lowest BCUT2D eigenvalue weighted by Gasteiger charge is -2.16. The van der Waals surface area contributed by atoms with Crippen LogP contribution in [0.2, 0.25) is 0 Å². The molecule has 0 radical (unpaired) electrons. The monoisotopic (exact) mass is 228 g/mol. The lowest BCUT2D eigenvalue weighted by atomic mass is 10.2. The molecule has 1 N–H and O–H groups in total. The third kappa shape index (κ3) is 12.0. The van der Waals surface area contributed by atoms with Crippen LogP contribution in [0, 0.1) is 0 Å². The van der Waals surface area contributed by atoms with Gasteiger partial charge in [-0.15, -0.1) is 0 Å². The number of unbranched alkanes of at least 4 members (excludes halogenated alkanes) is 4. The fourth-order valence-electron chi connectivity index (χ4n) is 1.85. The van der Waals surface area contributed by atoms with Gasteiger partial charge in [-0.1, -0.05) is 33.1 Å². The molecule has 0 spiro atoms. The van der Waals surface area contributed by atoms with Crippen LogP contribution >= 0.6 is 0 Å². The Morgan fingerprint density at radius 1 is 0.750 bits per heavy atom. The first kappa shape index (κ1) is 15.9. The van der Waals surface area contributed by atoms with Crippen LogP contribution in [0.3, 0.4) is 0 Å². The summed E-state index contributed by atoms with van der Waals surface area (Å²) in [7, 11) is 2.25. The minimum Gasteiger partial charge on any atom is -0.317 e. The molecule has 0 aromatic heterocycles. The summed E-state index contributed by atoms with van der Waals surface area (Å²) in [6.45, 7) is 9.42. The predicted molar refractivity (Wildman–Crippen MR) is 74.0 cm³/mol. The zero-order chi connectivity index (χ0) is 12.1. The molecule has 16 heavy (non-hydrogen) atoms. The van der Waals surface area contributed by atoms with E-state index in [2.05, 4.69) is 31.1 Å². The Kier molecular flexibility index (Phi) is 12.9. The Morgan fingerprint density at radius 3 is 2.06 bits per heavy atom. The third-order valence-corrected chi connectivity index (χ3v) is 2.96. The first-order valence-electron chi connectivity index (χ1n) is 7.20. The van der Waals surface area contributed by atoms with E-state index >= 15 is 0 Å². The van der Waals surface area contributed by atoms with Crippen molar-refractivity contribution in [2.45, 2.75) is 58.8 Å². The molecule has 0 aromatic rings. The van der Waals surface area contributed by atoms with E-state index in [0.717, 1.165) is 0 Å². The van der Waals surface area contributed by atoms with Crippen LogP contribution in [0.15, 0.2) is 0 Å². The van der Waals surface area contributed by atoms with Crippen LogP contribution in [-0.2, 0) is 0 Å². The summed E-state index contributed by atoms with van der Waals surface area (Å²) in [4.78, 5) is 2.48. The maximum absolute atomic E-state index is 3.45. The summed E-state index contributed by atoms with van der Waals surface area (Å²) in [6.07, 6.45) is 9.39. The number of hydrogen-bond acceptors (Lipinski definition) is 2. The highest BCUT2D eigenvalue weighted by Crippen LogP contribution is 2.00. The minimum atomic E-state index is 1.18. The van der Waals surface area contributed by atoms with Gasteiger partial charge in [-0.3, -0.25) is 0 Å². The van der Waals surface area contributed by atoms with E-state index in [-0.39, 0.29) is 0 Å². The zero-order valence-electron chi connectivity index (χ0n) is 11.7. The second-order valence-corrected chi connectivity index (χ2v) is 4.82. The van der Waals surface area contributed by atoms with Crippen LogP contribution in [-0.4, -0.2) is 38.1 Å². The van der Waals surface area contributed by atoms with E-state index in [1.165, 1.54) is 71.1 Å². The van der Waals surface area contributed by atoms with Gasteiger partial charge in [0.2, 0.25) is 0 Å². The summed E-state index contributed by atoms with van der Waals surface area (Å²) in [5, 5.41) is 3.45. The van der Waals surface area contributed by atoms with Gasteiger partial charge in [-0.2, -0.15) is 0 Å². The molecule has 0 aliphatic carbocycles. The Bertz CT molecular complexity index is 126. The summed E-state index contributed by atoms with van der Waals surface area (Å²) in [5.74, 6) is 0. The van der Waals surface area contributed by atoms with Crippen molar-refractivity contribution in [2.24, 2.45) is 0 Å². The van der Waals surface area contributed by atoms with Gasteiger partial charge in [0.1, 0.15) is 0 Å². The number of nitrogens with zero attached hydrogens (tertiary/aromatic N) is 1. The summed E-state index contributed by atoms with van der Waals surface area (Å²) in [5.41, 5.74) is 0. The van der Waals surface area contributed by atoms with Gasteiger partial charge >= 0.3 is 0 Å². The largest absolute Gasteiger partial charge is 0.317 e. The van der Waals surface area contributed by atoms with Crippen molar-refractivity contribution in [3.05, 3.63) is 0 Å². The molecule has 98 valence electrons. The second kappa shape index (κ2) is 13.0. The molecule has 0 saturated carbocycles. The van der Waals surface area contributed by atoms with E-state index in [1.54, 1.807) is 0 Å². The number of nitrogens with one attached hydrogen (secondary N) is 1. The average Bonchev–Trinajstić information content (AvgIpc) is 2.28. The topological polar surface area (TPSA) is 15.3 Å². The maximum Gasteiger partial charge on any atom is -0.00218 e. The number of hydrogen-bond donors (Lipinski definition) is 1. The van der Waals surface area contributed by atoms with Crippen molar-refractivity contribution in [3.8, 4) is 0 Å². The van der Waals surface area contributed by atoms with Crippen LogP contribution < -0.4 is 5.32 Å². The fraction of sp³-hybridized carbons (Fsp3) is 1.00. The Labute approximate surface area is 103 Å². The quantitative estimate of drug-likeness (QED) is 0.516. The van der Waals surface area contributed by atoms with Gasteiger partial charge in [0.25, 0.3) is 0 Å². The van der Waals surface area contributed by atoms with Gasteiger partial charge in [-0.05, 0) is 58.9 Å². The lowest BCUT2D eigenvalue weighted by Crippen LogP contribution is -2.21. The molecule has 0 saturated heterocycles. The van der Waals surface area contributed by atoms with Crippen molar-refractivity contribution >= 4 is 0 Å². The first-order valence-corrected chi connectivity index (χ1v) is 7.20. The molecule has 0 aliphatic rings. The normalized spacial score (nSPS) is 11.2. The summed E-state index contributed by atoms with van der Waals surface area (Å²) in [6, 6.07) is 0. The van der Waals surface area contributed by atoms with E-state index in [0.29, 0.717) is 0 Å². The molecule has 2 nitrogen and oxygen atoms in total. The van der Waals surface area contributed by atoms with Crippen molar-refractivity contribution < 1.29 is 0 Å². The van der Waals surface area contributed by atoms with Crippen molar-refractivity contribution in [1.82, 2.24) is 10.2 Å². The fourth-order valence-corrected chi connectivity index (χ4v) is 1.85. The average molecular weight is 228 g/mol. The third-order valence-electron chi connectivity index (χ3n) is 2.96. The highest BCUT2D eigenvalue weighted by molar-refractivity contribution is 4.54. The molecule has 0 aromatic carbocycles. The molecular formula is C14H32N2. The lowest BCUT2D eigenvalue weighted by molar-refractivity contribution is 0.316. The standard InChI is InChI=1S/C14H32N2/c1-4-6-9-13-16(3)14-10-7-8-12-15-11-5-2/h15H,4-14H2,1-3H3. The van der Waals surface area contributed by atoms with Crippen molar-refractivity contribution in [2.75, 3.05) is 33.2 Å². The van der Waals surface area contributed by atoms with Crippen LogP contribution in [0.1, 0.15) is 58.8 Å². The van der Waals surface area contributed by atoms with Crippen LogP contribution in [0.5, 0.6) is 0 Å².